The number of hydrogen-bond donors (Lipinski definition) is 0. The van der Waals surface area contributed by atoms with E-state index in [4.69, 9.17) is 14.2 Å². The van der Waals surface area contributed by atoms with Gasteiger partial charge in [0.2, 0.25) is 0 Å². The molecule has 0 bridgehead atoms. The number of ether oxygens (including phenoxy) is 3. The minimum Gasteiger partial charge on any atom is -0.459 e. The van der Waals surface area contributed by atoms with Crippen molar-refractivity contribution in [2.24, 2.45) is 0 Å². The van der Waals surface area contributed by atoms with Crippen LogP contribution < -0.4 is 0 Å². The maximum Gasteiger partial charge on any atom is 0.306 e. The van der Waals surface area contributed by atoms with Crippen molar-refractivity contribution in [3.8, 4) is 0 Å². The molecule has 0 saturated carbocycles. The third kappa shape index (κ3) is 6.41. The van der Waals surface area contributed by atoms with Crippen LogP contribution in [-0.4, -0.2) is 26.0 Å². The van der Waals surface area contributed by atoms with Gasteiger partial charge >= 0.3 is 5.97 Å². The molecule has 2 aromatic carbocycles. The molecule has 0 N–H and O–H groups in total. The van der Waals surface area contributed by atoms with Crippen molar-refractivity contribution in [2.75, 3.05) is 13.9 Å². The predicted octanol–water partition coefficient (Wildman–Crippen LogP) is 4.52. The molecule has 0 fully saturated rings. The molecule has 2 atom stereocenters. The zero-order valence-corrected chi connectivity index (χ0v) is 16.6. The van der Waals surface area contributed by atoms with Crippen molar-refractivity contribution in [1.82, 2.24) is 0 Å². The summed E-state index contributed by atoms with van der Waals surface area (Å²) in [5, 5.41) is 0. The Labute approximate surface area is 162 Å². The minimum absolute atomic E-state index is 0.140. The Bertz CT molecular complexity index is 660. The van der Waals surface area contributed by atoms with Gasteiger partial charge in [0, 0.05) is 17.1 Å². The number of carbonyl (C=O) groups excluding carboxylic acids is 1. The highest BCUT2D eigenvalue weighted by molar-refractivity contribution is 14.1. The van der Waals surface area contributed by atoms with E-state index in [1.807, 2.05) is 61.5 Å². The molecule has 2 rings (SSSR count). The molecule has 0 heterocycles. The number of methoxy groups -OCH3 is 1. The second-order valence-electron chi connectivity index (χ2n) is 5.70. The van der Waals surface area contributed by atoms with Gasteiger partial charge in [0.05, 0.1) is 0 Å². The molecule has 134 valence electrons. The Hall–Kier alpha value is -1.44. The van der Waals surface area contributed by atoms with Gasteiger partial charge in [0.1, 0.15) is 19.0 Å². The first-order chi connectivity index (χ1) is 12.1. The lowest BCUT2D eigenvalue weighted by Crippen LogP contribution is -2.26. The van der Waals surface area contributed by atoms with Crippen LogP contribution in [0.5, 0.6) is 0 Å². The zero-order valence-electron chi connectivity index (χ0n) is 14.5. The van der Waals surface area contributed by atoms with E-state index in [1.54, 1.807) is 7.11 Å². The molecule has 0 aliphatic rings. The smallest absolute Gasteiger partial charge is 0.306 e. The van der Waals surface area contributed by atoms with E-state index in [1.165, 1.54) is 0 Å². The molecule has 0 amide bonds. The third-order valence-electron chi connectivity index (χ3n) is 3.78. The fourth-order valence-electron chi connectivity index (χ4n) is 2.54. The van der Waals surface area contributed by atoms with E-state index in [-0.39, 0.29) is 18.9 Å². The van der Waals surface area contributed by atoms with Crippen molar-refractivity contribution in [3.63, 3.8) is 0 Å². The summed E-state index contributed by atoms with van der Waals surface area (Å²) in [4.78, 5) is 12.2. The van der Waals surface area contributed by atoms with Gasteiger partial charge in [0.15, 0.2) is 0 Å². The number of benzene rings is 2. The maximum absolute atomic E-state index is 12.2. The van der Waals surface area contributed by atoms with Gasteiger partial charge in [-0.2, -0.15) is 0 Å². The predicted molar refractivity (Wildman–Crippen MR) is 105 cm³/mol. The molecule has 0 unspecified atom stereocenters. The molecule has 0 aliphatic heterocycles. The van der Waals surface area contributed by atoms with E-state index in [2.05, 4.69) is 22.6 Å². The van der Waals surface area contributed by atoms with Gasteiger partial charge in [-0.05, 0) is 53.1 Å². The van der Waals surface area contributed by atoms with Crippen LogP contribution >= 0.6 is 22.6 Å². The van der Waals surface area contributed by atoms with Gasteiger partial charge in [-0.3, -0.25) is 4.79 Å². The van der Waals surface area contributed by atoms with E-state index in [0.717, 1.165) is 14.7 Å². The van der Waals surface area contributed by atoms with Crippen molar-refractivity contribution in [3.05, 3.63) is 69.3 Å². The number of esters is 1. The SMILES string of the molecule is COCO[C@@H](c1ccccc1I)[C@H](C)OC(=O)CCc1ccccc1. The summed E-state index contributed by atoms with van der Waals surface area (Å²) >= 11 is 2.26. The Morgan fingerprint density at radius 1 is 1.08 bits per heavy atom. The van der Waals surface area contributed by atoms with Crippen LogP contribution in [0.25, 0.3) is 0 Å². The Kier molecular flexibility index (Phi) is 8.37. The van der Waals surface area contributed by atoms with Crippen LogP contribution in [-0.2, 0) is 25.4 Å². The van der Waals surface area contributed by atoms with Crippen LogP contribution in [0.1, 0.15) is 30.6 Å². The fraction of sp³-hybridized carbons (Fsp3) is 0.350. The lowest BCUT2D eigenvalue weighted by atomic mass is 10.1. The first-order valence-corrected chi connectivity index (χ1v) is 9.28. The summed E-state index contributed by atoms with van der Waals surface area (Å²) in [7, 11) is 1.57. The summed E-state index contributed by atoms with van der Waals surface area (Å²) in [6, 6.07) is 17.8. The van der Waals surface area contributed by atoms with E-state index in [0.29, 0.717) is 12.8 Å². The maximum atomic E-state index is 12.2. The van der Waals surface area contributed by atoms with E-state index < -0.39 is 6.10 Å². The summed E-state index contributed by atoms with van der Waals surface area (Å²) in [6.07, 6.45) is 0.235. The normalized spacial score (nSPS) is 13.2. The molecule has 0 saturated heterocycles. The van der Waals surface area contributed by atoms with E-state index in [9.17, 15) is 4.79 Å². The topological polar surface area (TPSA) is 44.8 Å². The van der Waals surface area contributed by atoms with Crippen molar-refractivity contribution in [1.29, 1.82) is 0 Å². The Morgan fingerprint density at radius 2 is 1.76 bits per heavy atom. The van der Waals surface area contributed by atoms with Crippen LogP contribution in [0.2, 0.25) is 0 Å². The fourth-order valence-corrected chi connectivity index (χ4v) is 3.24. The van der Waals surface area contributed by atoms with Gasteiger partial charge in [0.25, 0.3) is 0 Å². The largest absolute Gasteiger partial charge is 0.459 e. The second kappa shape index (κ2) is 10.5. The highest BCUT2D eigenvalue weighted by Gasteiger charge is 2.25. The molecule has 2 aromatic rings. The van der Waals surface area contributed by atoms with Crippen LogP contribution in [0.15, 0.2) is 54.6 Å². The first kappa shape index (κ1) is 19.9. The summed E-state index contributed by atoms with van der Waals surface area (Å²) in [5.74, 6) is -0.228. The molecule has 4 nitrogen and oxygen atoms in total. The first-order valence-electron chi connectivity index (χ1n) is 8.20. The quantitative estimate of drug-likeness (QED) is 0.318. The van der Waals surface area contributed by atoms with E-state index >= 15 is 0 Å². The summed E-state index contributed by atoms with van der Waals surface area (Å²) < 4.78 is 17.5. The molecule has 25 heavy (non-hydrogen) atoms. The third-order valence-corrected chi connectivity index (χ3v) is 4.76. The molecule has 0 aromatic heterocycles. The monoisotopic (exact) mass is 454 g/mol. The lowest BCUT2D eigenvalue weighted by Gasteiger charge is -2.25. The van der Waals surface area contributed by atoms with Crippen molar-refractivity contribution < 1.29 is 19.0 Å². The summed E-state index contributed by atoms with van der Waals surface area (Å²) in [5.41, 5.74) is 2.11. The number of rotatable bonds is 9. The molecular formula is C20H23IO4. The van der Waals surface area contributed by atoms with Gasteiger partial charge < -0.3 is 14.2 Å². The number of aryl methyl sites for hydroxylation is 1. The molecule has 0 radical (unpaired) electrons. The standard InChI is InChI=1S/C20H23IO4/c1-15(25-19(22)13-12-16-8-4-3-5-9-16)20(24-14-23-2)17-10-6-7-11-18(17)21/h3-11,15,20H,12-14H2,1-2H3/t15-,20+/m0/s1. The highest BCUT2D eigenvalue weighted by Crippen LogP contribution is 2.28. The van der Waals surface area contributed by atoms with Gasteiger partial charge in [-0.1, -0.05) is 48.5 Å². The lowest BCUT2D eigenvalue weighted by molar-refractivity contribution is -0.164. The van der Waals surface area contributed by atoms with Crippen molar-refractivity contribution >= 4 is 28.6 Å². The number of carbonyl (C=O) groups is 1. The summed E-state index contributed by atoms with van der Waals surface area (Å²) in [6.45, 7) is 1.99. The van der Waals surface area contributed by atoms with Crippen molar-refractivity contribution in [2.45, 2.75) is 32.0 Å². The van der Waals surface area contributed by atoms with Gasteiger partial charge in [-0.25, -0.2) is 0 Å². The Morgan fingerprint density at radius 3 is 2.44 bits per heavy atom. The van der Waals surface area contributed by atoms with Crippen LogP contribution in [0, 0.1) is 3.57 Å². The second-order valence-corrected chi connectivity index (χ2v) is 6.86. The minimum atomic E-state index is -0.408. The van der Waals surface area contributed by atoms with Crippen LogP contribution in [0.4, 0.5) is 0 Å². The molecule has 0 aliphatic carbocycles. The molecule has 5 heteroatoms. The Balaban J connectivity index is 1.97. The average molecular weight is 454 g/mol. The zero-order chi connectivity index (χ0) is 18.1. The number of halogens is 1. The highest BCUT2D eigenvalue weighted by atomic mass is 127. The molecule has 0 spiro atoms. The van der Waals surface area contributed by atoms with Crippen LogP contribution in [0.3, 0.4) is 0 Å². The van der Waals surface area contributed by atoms with Gasteiger partial charge in [-0.15, -0.1) is 0 Å². The molecular weight excluding hydrogens is 431 g/mol. The average Bonchev–Trinajstić information content (AvgIpc) is 2.62. The number of hydrogen-bond acceptors (Lipinski definition) is 4.